The first-order chi connectivity index (χ1) is 8.63. The Hall–Kier alpha value is -0.640. The van der Waals surface area contributed by atoms with Crippen LogP contribution in [0.2, 0.25) is 0 Å². The van der Waals surface area contributed by atoms with Gasteiger partial charge < -0.3 is 5.11 Å². The molecule has 2 atom stereocenters. The van der Waals surface area contributed by atoms with Crippen molar-refractivity contribution in [3.8, 4) is 0 Å². The Morgan fingerprint density at radius 1 is 1.33 bits per heavy atom. The monoisotopic (exact) mass is 322 g/mol. The molecule has 0 saturated heterocycles. The van der Waals surface area contributed by atoms with E-state index in [1.807, 2.05) is 17.5 Å². The molecule has 1 nitrogen and oxygen atoms in total. The Kier molecular flexibility index (Phi) is 3.08. The van der Waals surface area contributed by atoms with Gasteiger partial charge in [0.1, 0.15) is 5.60 Å². The van der Waals surface area contributed by atoms with Crippen LogP contribution in [-0.4, -0.2) is 5.11 Å². The average Bonchev–Trinajstić information content (AvgIpc) is 2.82. The Labute approximate surface area is 120 Å². The summed E-state index contributed by atoms with van der Waals surface area (Å²) >= 11 is 5.18. The molecule has 2 unspecified atom stereocenters. The minimum absolute atomic E-state index is 0.528. The quantitative estimate of drug-likeness (QED) is 0.810. The molecule has 0 radical (unpaired) electrons. The highest BCUT2D eigenvalue weighted by atomic mass is 79.9. The van der Waals surface area contributed by atoms with Gasteiger partial charge in [-0.1, -0.05) is 31.2 Å². The lowest BCUT2D eigenvalue weighted by Gasteiger charge is -2.37. The van der Waals surface area contributed by atoms with Gasteiger partial charge >= 0.3 is 0 Å². The number of hydrogen-bond acceptors (Lipinski definition) is 2. The van der Waals surface area contributed by atoms with E-state index in [0.717, 1.165) is 27.8 Å². The van der Waals surface area contributed by atoms with Crippen LogP contribution in [0.15, 0.2) is 40.2 Å². The molecule has 1 aliphatic rings. The van der Waals surface area contributed by atoms with Crippen LogP contribution in [0.5, 0.6) is 0 Å². The van der Waals surface area contributed by atoms with E-state index >= 15 is 0 Å². The van der Waals surface area contributed by atoms with Crippen molar-refractivity contribution >= 4 is 27.3 Å². The lowest BCUT2D eigenvalue weighted by Crippen LogP contribution is -2.32. The van der Waals surface area contributed by atoms with E-state index in [0.29, 0.717) is 5.92 Å². The predicted octanol–water partition coefficient (Wildman–Crippen LogP) is 4.64. The molecule has 3 heteroatoms. The van der Waals surface area contributed by atoms with Crippen LogP contribution in [0.3, 0.4) is 0 Å². The van der Waals surface area contributed by atoms with Gasteiger partial charge in [0.25, 0.3) is 0 Å². The Morgan fingerprint density at radius 3 is 2.83 bits per heavy atom. The number of benzene rings is 1. The maximum atomic E-state index is 11.2. The van der Waals surface area contributed by atoms with Crippen molar-refractivity contribution in [1.29, 1.82) is 0 Å². The predicted molar refractivity (Wildman–Crippen MR) is 79.1 cm³/mol. The van der Waals surface area contributed by atoms with Crippen LogP contribution in [0.25, 0.3) is 0 Å². The topological polar surface area (TPSA) is 20.2 Å². The van der Waals surface area contributed by atoms with Gasteiger partial charge in [-0.05, 0) is 57.3 Å². The van der Waals surface area contributed by atoms with Crippen LogP contribution >= 0.6 is 27.3 Å². The summed E-state index contributed by atoms with van der Waals surface area (Å²) in [5.74, 6) is 0.528. The minimum atomic E-state index is -0.823. The van der Waals surface area contributed by atoms with Crippen molar-refractivity contribution in [2.24, 2.45) is 0 Å². The molecule has 1 aliphatic carbocycles. The number of rotatable bonds is 1. The maximum Gasteiger partial charge on any atom is 0.125 e. The van der Waals surface area contributed by atoms with Gasteiger partial charge in [-0.3, -0.25) is 0 Å². The minimum Gasteiger partial charge on any atom is -0.379 e. The van der Waals surface area contributed by atoms with Crippen LogP contribution in [0.1, 0.15) is 41.7 Å². The first-order valence-corrected chi connectivity index (χ1v) is 7.85. The largest absolute Gasteiger partial charge is 0.379 e. The van der Waals surface area contributed by atoms with E-state index in [1.54, 1.807) is 11.3 Å². The third-order valence-electron chi connectivity index (χ3n) is 3.87. The second kappa shape index (κ2) is 4.48. The molecule has 0 saturated carbocycles. The molecule has 3 rings (SSSR count). The molecule has 18 heavy (non-hydrogen) atoms. The molecule has 1 heterocycles. The molecular formula is C15H15BrOS. The van der Waals surface area contributed by atoms with Gasteiger partial charge in [-0.25, -0.2) is 0 Å². The van der Waals surface area contributed by atoms with Crippen molar-refractivity contribution in [2.45, 2.75) is 31.3 Å². The van der Waals surface area contributed by atoms with Crippen molar-refractivity contribution in [3.05, 3.63) is 56.2 Å². The molecular weight excluding hydrogens is 308 g/mol. The molecule has 1 N–H and O–H groups in total. The van der Waals surface area contributed by atoms with Gasteiger partial charge in [0.15, 0.2) is 0 Å². The first kappa shape index (κ1) is 12.4. The number of halogens is 1. The lowest BCUT2D eigenvalue weighted by molar-refractivity contribution is 0.0610. The van der Waals surface area contributed by atoms with Crippen molar-refractivity contribution in [2.75, 3.05) is 0 Å². The third kappa shape index (κ3) is 1.77. The zero-order valence-corrected chi connectivity index (χ0v) is 12.6. The zero-order valence-electron chi connectivity index (χ0n) is 10.2. The summed E-state index contributed by atoms with van der Waals surface area (Å²) in [6, 6.07) is 10.3. The van der Waals surface area contributed by atoms with Crippen LogP contribution in [0, 0.1) is 0 Å². The molecule has 0 spiro atoms. The zero-order chi connectivity index (χ0) is 12.8. The van der Waals surface area contributed by atoms with Crippen molar-refractivity contribution in [3.63, 3.8) is 0 Å². The highest BCUT2D eigenvalue weighted by molar-refractivity contribution is 9.10. The number of aliphatic hydroxyl groups is 1. The van der Waals surface area contributed by atoms with Crippen LogP contribution in [0.4, 0.5) is 0 Å². The van der Waals surface area contributed by atoms with Gasteiger partial charge in [-0.2, -0.15) is 0 Å². The molecule has 0 bridgehead atoms. The summed E-state index contributed by atoms with van der Waals surface area (Å²) in [7, 11) is 0. The van der Waals surface area contributed by atoms with E-state index < -0.39 is 5.60 Å². The Bertz CT molecular complexity index is 577. The molecule has 0 aliphatic heterocycles. The lowest BCUT2D eigenvalue weighted by atomic mass is 9.74. The van der Waals surface area contributed by atoms with Gasteiger partial charge in [0.05, 0.1) is 4.88 Å². The number of fused-ring (bicyclic) bond motifs is 1. The molecule has 94 valence electrons. The van der Waals surface area contributed by atoms with Crippen molar-refractivity contribution < 1.29 is 5.11 Å². The van der Waals surface area contributed by atoms with E-state index in [-0.39, 0.29) is 0 Å². The summed E-state index contributed by atoms with van der Waals surface area (Å²) < 4.78 is 1.01. The summed E-state index contributed by atoms with van der Waals surface area (Å²) in [6.45, 7) is 2.24. The summed E-state index contributed by atoms with van der Waals surface area (Å²) in [5.41, 5.74) is 1.54. The molecule has 2 aromatic rings. The standard InChI is InChI=1S/C15H15BrOS/c1-10-6-8-15(17,14-13(16)7-9-18-14)12-5-3-2-4-11(10)12/h2-5,7,9-10,17H,6,8H2,1H3. The van der Waals surface area contributed by atoms with E-state index in [9.17, 15) is 5.11 Å². The second-order valence-electron chi connectivity index (χ2n) is 4.98. The molecule has 1 aromatic carbocycles. The molecule has 0 amide bonds. The highest BCUT2D eigenvalue weighted by Gasteiger charge is 2.40. The normalized spacial score (nSPS) is 26.9. The maximum absolute atomic E-state index is 11.2. The van der Waals surface area contributed by atoms with Crippen LogP contribution in [-0.2, 0) is 5.60 Å². The summed E-state index contributed by atoms with van der Waals surface area (Å²) in [5, 5.41) is 13.2. The van der Waals surface area contributed by atoms with Gasteiger partial charge in [0.2, 0.25) is 0 Å². The smallest absolute Gasteiger partial charge is 0.125 e. The highest BCUT2D eigenvalue weighted by Crippen LogP contribution is 2.48. The number of hydrogen-bond donors (Lipinski definition) is 1. The summed E-state index contributed by atoms with van der Waals surface area (Å²) in [6.07, 6.45) is 1.82. The van der Waals surface area contributed by atoms with Crippen molar-refractivity contribution in [1.82, 2.24) is 0 Å². The van der Waals surface area contributed by atoms with Gasteiger partial charge in [0, 0.05) is 4.47 Å². The fraction of sp³-hybridized carbons (Fsp3) is 0.333. The number of thiophene rings is 1. The van der Waals surface area contributed by atoms with Gasteiger partial charge in [-0.15, -0.1) is 11.3 Å². The average molecular weight is 323 g/mol. The van der Waals surface area contributed by atoms with Crippen LogP contribution < -0.4 is 0 Å². The fourth-order valence-electron chi connectivity index (χ4n) is 2.84. The Balaban J connectivity index is 2.20. The molecule has 0 fully saturated rings. The van der Waals surface area contributed by atoms with E-state index in [4.69, 9.17) is 0 Å². The third-order valence-corrected chi connectivity index (χ3v) is 5.86. The second-order valence-corrected chi connectivity index (χ2v) is 6.76. The SMILES string of the molecule is CC1CCC(O)(c2sccc2Br)c2ccccc21. The fourth-order valence-corrected chi connectivity index (χ4v) is 4.69. The first-order valence-electron chi connectivity index (χ1n) is 6.18. The molecule has 1 aromatic heterocycles. The summed E-state index contributed by atoms with van der Waals surface area (Å²) in [4.78, 5) is 1.03. The van der Waals surface area contributed by atoms with E-state index in [1.165, 1.54) is 5.56 Å². The van der Waals surface area contributed by atoms with E-state index in [2.05, 4.69) is 41.1 Å². The Morgan fingerprint density at radius 2 is 2.11 bits per heavy atom.